The second-order valence-electron chi connectivity index (χ2n) is 10.4. The van der Waals surface area contributed by atoms with Crippen LogP contribution in [-0.4, -0.2) is 69.3 Å². The molecule has 12 nitrogen and oxygen atoms in total. The van der Waals surface area contributed by atoms with E-state index in [1.807, 2.05) is 0 Å². The maximum Gasteiger partial charge on any atom is 0.407 e. The molecule has 2 aromatic rings. The van der Waals surface area contributed by atoms with Gasteiger partial charge >= 0.3 is 11.8 Å². The molecule has 0 unspecified atom stereocenters. The Hall–Kier alpha value is -3.64. The van der Waals surface area contributed by atoms with Gasteiger partial charge in [0, 0.05) is 36.3 Å². The fourth-order valence-electron chi connectivity index (χ4n) is 4.21. The molecule has 0 aliphatic heterocycles. The van der Waals surface area contributed by atoms with Crippen molar-refractivity contribution in [3.8, 4) is 5.75 Å². The second kappa shape index (κ2) is 12.3. The lowest BCUT2D eigenvalue weighted by Gasteiger charge is -2.19. The van der Waals surface area contributed by atoms with E-state index in [4.69, 9.17) is 9.47 Å². The standard InChI is InChI=1S/C26H36N4O8/c1-15-14-30(24(35)29-22(15)33)19-12-17(20(31)21(19)32)13-28-23(34)16-6-8-18(9-7-16)37-11-5-10-27-25(36)38-26(2,3)4/h6-9,14,17,19-21,31-32H,5,10-13H2,1-4H3,(H,27,36)(H,28,34)(H,29,33,35)/t17-,19+,20+,21+/m0/s1. The number of nitrogens with one attached hydrogen (secondary N) is 3. The molecule has 0 radical (unpaired) electrons. The fourth-order valence-corrected chi connectivity index (χ4v) is 4.21. The lowest BCUT2D eigenvalue weighted by Crippen LogP contribution is -2.38. The monoisotopic (exact) mass is 532 g/mol. The summed E-state index contributed by atoms with van der Waals surface area (Å²) in [7, 11) is 0. The summed E-state index contributed by atoms with van der Waals surface area (Å²) in [5.41, 5.74) is -1.02. The van der Waals surface area contributed by atoms with Crippen molar-refractivity contribution < 1.29 is 29.3 Å². The molecule has 3 rings (SSSR count). The predicted molar refractivity (Wildman–Crippen MR) is 138 cm³/mol. The van der Waals surface area contributed by atoms with Crippen LogP contribution in [0.4, 0.5) is 4.79 Å². The molecular weight excluding hydrogens is 496 g/mol. The van der Waals surface area contributed by atoms with Gasteiger partial charge in [0.15, 0.2) is 0 Å². The van der Waals surface area contributed by atoms with Gasteiger partial charge in [0.05, 0.1) is 18.8 Å². The normalized spacial score (nSPS) is 21.1. The summed E-state index contributed by atoms with van der Waals surface area (Å²) in [6.07, 6.45) is -0.685. The molecule has 208 valence electrons. The van der Waals surface area contributed by atoms with Crippen molar-refractivity contribution in [1.29, 1.82) is 0 Å². The second-order valence-corrected chi connectivity index (χ2v) is 10.4. The van der Waals surface area contributed by atoms with Crippen molar-refractivity contribution in [3.63, 3.8) is 0 Å². The van der Waals surface area contributed by atoms with Gasteiger partial charge in [0.1, 0.15) is 17.5 Å². The minimum Gasteiger partial charge on any atom is -0.494 e. The van der Waals surface area contributed by atoms with Crippen LogP contribution in [-0.2, 0) is 4.74 Å². The van der Waals surface area contributed by atoms with E-state index in [-0.39, 0.29) is 18.9 Å². The maximum absolute atomic E-state index is 12.6. The van der Waals surface area contributed by atoms with E-state index in [9.17, 15) is 29.4 Å². The van der Waals surface area contributed by atoms with E-state index < -0.39 is 47.1 Å². The molecule has 0 bridgehead atoms. The van der Waals surface area contributed by atoms with Gasteiger partial charge in [-0.3, -0.25) is 19.1 Å². The molecule has 5 N–H and O–H groups in total. The number of aliphatic hydroxyl groups is 2. The van der Waals surface area contributed by atoms with Crippen LogP contribution in [0.15, 0.2) is 40.1 Å². The summed E-state index contributed by atoms with van der Waals surface area (Å²) in [6.45, 7) is 7.77. The molecule has 4 atom stereocenters. The first-order valence-electron chi connectivity index (χ1n) is 12.5. The predicted octanol–water partition coefficient (Wildman–Crippen LogP) is 0.851. The number of amides is 2. The highest BCUT2D eigenvalue weighted by molar-refractivity contribution is 5.94. The average molecular weight is 533 g/mol. The van der Waals surface area contributed by atoms with Crippen LogP contribution in [0.2, 0.25) is 0 Å². The van der Waals surface area contributed by atoms with Crippen LogP contribution >= 0.6 is 0 Å². The van der Waals surface area contributed by atoms with Crippen molar-refractivity contribution in [2.24, 2.45) is 5.92 Å². The van der Waals surface area contributed by atoms with E-state index in [1.165, 1.54) is 10.8 Å². The Labute approximate surface area is 220 Å². The van der Waals surface area contributed by atoms with Crippen LogP contribution in [0.1, 0.15) is 55.6 Å². The molecule has 38 heavy (non-hydrogen) atoms. The minimum atomic E-state index is -1.23. The van der Waals surface area contributed by atoms with Gasteiger partial charge in [-0.05, 0) is 64.8 Å². The molecule has 1 aliphatic carbocycles. The van der Waals surface area contributed by atoms with Gasteiger partial charge in [-0.25, -0.2) is 9.59 Å². The number of carbonyl (C=O) groups is 2. The van der Waals surface area contributed by atoms with Crippen LogP contribution in [0, 0.1) is 12.8 Å². The molecule has 1 aromatic carbocycles. The number of aromatic nitrogens is 2. The highest BCUT2D eigenvalue weighted by atomic mass is 16.6. The molecular formula is C26H36N4O8. The number of aliphatic hydroxyl groups excluding tert-OH is 2. The minimum absolute atomic E-state index is 0.0908. The van der Waals surface area contributed by atoms with Gasteiger partial charge in [-0.15, -0.1) is 0 Å². The number of hydrogen-bond donors (Lipinski definition) is 5. The molecule has 1 heterocycles. The van der Waals surface area contributed by atoms with Gasteiger partial charge in [-0.1, -0.05) is 0 Å². The van der Waals surface area contributed by atoms with E-state index in [0.29, 0.717) is 36.4 Å². The number of hydrogen-bond acceptors (Lipinski definition) is 8. The average Bonchev–Trinajstić information content (AvgIpc) is 3.12. The molecule has 2 amide bonds. The topological polar surface area (TPSA) is 172 Å². The molecule has 1 saturated carbocycles. The van der Waals surface area contributed by atoms with E-state index in [0.717, 1.165) is 0 Å². The first kappa shape index (κ1) is 28.9. The molecule has 1 fully saturated rings. The zero-order valence-electron chi connectivity index (χ0n) is 22.0. The number of H-pyrrole nitrogens is 1. The number of ether oxygens (including phenoxy) is 2. The summed E-state index contributed by atoms with van der Waals surface area (Å²) in [5.74, 6) is -0.284. The number of benzene rings is 1. The van der Waals surface area contributed by atoms with Crippen molar-refractivity contribution in [2.75, 3.05) is 19.7 Å². The van der Waals surface area contributed by atoms with Crippen LogP contribution < -0.4 is 26.6 Å². The van der Waals surface area contributed by atoms with E-state index >= 15 is 0 Å². The number of rotatable bonds is 9. The molecule has 1 aliphatic rings. The lowest BCUT2D eigenvalue weighted by atomic mass is 10.1. The first-order chi connectivity index (χ1) is 17.9. The van der Waals surface area contributed by atoms with Crippen LogP contribution in [0.3, 0.4) is 0 Å². The Bertz CT molecular complexity index is 1230. The largest absolute Gasteiger partial charge is 0.494 e. The maximum atomic E-state index is 12.6. The first-order valence-corrected chi connectivity index (χ1v) is 12.5. The summed E-state index contributed by atoms with van der Waals surface area (Å²) in [4.78, 5) is 50.3. The van der Waals surface area contributed by atoms with Gasteiger partial charge < -0.3 is 30.3 Å². The van der Waals surface area contributed by atoms with Crippen molar-refractivity contribution >= 4 is 12.0 Å². The van der Waals surface area contributed by atoms with E-state index in [1.54, 1.807) is 52.0 Å². The van der Waals surface area contributed by atoms with Crippen molar-refractivity contribution in [2.45, 2.75) is 64.4 Å². The summed E-state index contributed by atoms with van der Waals surface area (Å²) in [5, 5.41) is 26.4. The van der Waals surface area contributed by atoms with Crippen molar-refractivity contribution in [1.82, 2.24) is 20.2 Å². The molecule has 0 spiro atoms. The van der Waals surface area contributed by atoms with E-state index in [2.05, 4.69) is 15.6 Å². The Morgan fingerprint density at radius 3 is 2.45 bits per heavy atom. The summed E-state index contributed by atoms with van der Waals surface area (Å²) >= 11 is 0. The zero-order chi connectivity index (χ0) is 28.0. The Morgan fingerprint density at radius 2 is 1.79 bits per heavy atom. The van der Waals surface area contributed by atoms with Gasteiger partial charge in [-0.2, -0.15) is 0 Å². The summed E-state index contributed by atoms with van der Waals surface area (Å²) in [6, 6.07) is 5.80. The smallest absolute Gasteiger partial charge is 0.407 e. The third-order valence-corrected chi connectivity index (χ3v) is 6.17. The quantitative estimate of drug-likeness (QED) is 0.296. The number of aryl methyl sites for hydroxylation is 1. The SMILES string of the molecule is Cc1cn([C@@H]2C[C@@H](CNC(=O)c3ccc(OCCCNC(=O)OC(C)(C)C)cc3)[C@@H](O)[C@@H]2O)c(=O)[nH]c1=O. The van der Waals surface area contributed by atoms with Gasteiger partial charge in [0.2, 0.25) is 0 Å². The summed E-state index contributed by atoms with van der Waals surface area (Å²) < 4.78 is 12.0. The zero-order valence-corrected chi connectivity index (χ0v) is 22.0. The number of alkyl carbamates (subject to hydrolysis) is 1. The molecule has 1 aromatic heterocycles. The number of carbonyl (C=O) groups excluding carboxylic acids is 2. The van der Waals surface area contributed by atoms with Gasteiger partial charge in [0.25, 0.3) is 11.5 Å². The highest BCUT2D eigenvalue weighted by Crippen LogP contribution is 2.34. The lowest BCUT2D eigenvalue weighted by molar-refractivity contribution is 0.00580. The Balaban J connectivity index is 1.45. The number of nitrogens with zero attached hydrogens (tertiary/aromatic N) is 1. The van der Waals surface area contributed by atoms with Crippen molar-refractivity contribution in [3.05, 3.63) is 62.4 Å². The third kappa shape index (κ3) is 7.68. The molecule has 0 saturated heterocycles. The number of aromatic amines is 1. The van der Waals surface area contributed by atoms with Crippen LogP contribution in [0.25, 0.3) is 0 Å². The van der Waals surface area contributed by atoms with Crippen LogP contribution in [0.5, 0.6) is 5.75 Å². The Morgan fingerprint density at radius 1 is 1.11 bits per heavy atom. The molecule has 12 heteroatoms. The highest BCUT2D eigenvalue weighted by Gasteiger charge is 2.42. The Kier molecular flexibility index (Phi) is 9.34. The third-order valence-electron chi connectivity index (χ3n) is 6.17. The fraction of sp³-hybridized carbons (Fsp3) is 0.538.